The molecule has 0 aromatic carbocycles. The minimum absolute atomic E-state index is 0.0225. The first-order valence-corrected chi connectivity index (χ1v) is 10.5. The third kappa shape index (κ3) is 9.72. The van der Waals surface area contributed by atoms with Crippen LogP contribution >= 0.6 is 0 Å². The zero-order valence-corrected chi connectivity index (χ0v) is 16.1. The molecule has 1 saturated heterocycles. The lowest BCUT2D eigenvalue weighted by atomic mass is 9.96. The summed E-state index contributed by atoms with van der Waals surface area (Å²) in [5, 5.41) is 9.52. The van der Waals surface area contributed by atoms with Crippen molar-refractivity contribution in [3.63, 3.8) is 0 Å². The second kappa shape index (κ2) is 12.3. The molecule has 1 aliphatic rings. The highest BCUT2D eigenvalue weighted by Gasteiger charge is 2.53. The van der Waals surface area contributed by atoms with Crippen molar-refractivity contribution in [3.8, 4) is 0 Å². The number of rotatable bonds is 16. The number of unbranched alkanes of at least 4 members (excludes halogenated alkanes) is 13. The summed E-state index contributed by atoms with van der Waals surface area (Å²) >= 11 is 0. The molecule has 1 heterocycles. The minimum atomic E-state index is -0.313. The molecule has 138 valence electrons. The number of hydrogen-bond donors (Lipinski definition) is 1. The fourth-order valence-electron chi connectivity index (χ4n) is 3.74. The Morgan fingerprint density at radius 1 is 0.783 bits per heavy atom. The normalized spacial score (nSPS) is 24.8. The van der Waals surface area contributed by atoms with E-state index in [0.29, 0.717) is 0 Å². The lowest BCUT2D eigenvalue weighted by Crippen LogP contribution is -2.19. The first-order chi connectivity index (χ1) is 11.1. The van der Waals surface area contributed by atoms with Crippen molar-refractivity contribution in [2.24, 2.45) is 0 Å². The van der Waals surface area contributed by atoms with Crippen molar-refractivity contribution < 1.29 is 9.84 Å². The molecule has 1 rings (SSSR count). The van der Waals surface area contributed by atoms with Crippen molar-refractivity contribution >= 4 is 0 Å². The van der Waals surface area contributed by atoms with Gasteiger partial charge < -0.3 is 9.84 Å². The van der Waals surface area contributed by atoms with Gasteiger partial charge in [0, 0.05) is 0 Å². The van der Waals surface area contributed by atoms with Crippen molar-refractivity contribution in [3.05, 3.63) is 0 Å². The molecule has 1 fully saturated rings. The zero-order chi connectivity index (χ0) is 17.0. The predicted molar refractivity (Wildman–Crippen MR) is 99.9 cm³/mol. The lowest BCUT2D eigenvalue weighted by Gasteiger charge is -2.07. The smallest absolute Gasteiger partial charge is 0.113 e. The summed E-state index contributed by atoms with van der Waals surface area (Å²) in [6, 6.07) is 0. The molecule has 2 nitrogen and oxygen atoms in total. The highest BCUT2D eigenvalue weighted by molar-refractivity contribution is 5.01. The molecule has 0 bridgehead atoms. The van der Waals surface area contributed by atoms with E-state index in [0.717, 1.165) is 6.42 Å². The van der Waals surface area contributed by atoms with E-state index in [1.807, 2.05) is 6.92 Å². The van der Waals surface area contributed by atoms with Crippen molar-refractivity contribution in [2.45, 2.75) is 135 Å². The number of ether oxygens (including phenoxy) is 1. The summed E-state index contributed by atoms with van der Waals surface area (Å²) in [5.74, 6) is 0. The Morgan fingerprint density at radius 2 is 1.17 bits per heavy atom. The van der Waals surface area contributed by atoms with Gasteiger partial charge in [-0.25, -0.2) is 0 Å². The van der Waals surface area contributed by atoms with Gasteiger partial charge in [0.15, 0.2) is 0 Å². The van der Waals surface area contributed by atoms with Gasteiger partial charge in [-0.3, -0.25) is 0 Å². The van der Waals surface area contributed by atoms with E-state index in [1.165, 1.54) is 89.9 Å². The Bertz CT molecular complexity index is 277. The van der Waals surface area contributed by atoms with Crippen molar-refractivity contribution in [1.82, 2.24) is 0 Å². The van der Waals surface area contributed by atoms with Gasteiger partial charge in [0.25, 0.3) is 0 Å². The van der Waals surface area contributed by atoms with Crippen LogP contribution in [-0.4, -0.2) is 22.9 Å². The van der Waals surface area contributed by atoms with E-state index in [-0.39, 0.29) is 17.8 Å². The van der Waals surface area contributed by atoms with Crippen LogP contribution in [0.1, 0.15) is 117 Å². The SMILES string of the molecule is CCCCCCCCCCCCCCCC[C@@]1(C)O[C@@H]1[C@@H](C)O. The van der Waals surface area contributed by atoms with E-state index >= 15 is 0 Å². The number of epoxide rings is 1. The molecule has 0 spiro atoms. The Hall–Kier alpha value is -0.0800. The fourth-order valence-corrected chi connectivity index (χ4v) is 3.74. The van der Waals surface area contributed by atoms with E-state index in [4.69, 9.17) is 4.74 Å². The topological polar surface area (TPSA) is 32.8 Å². The van der Waals surface area contributed by atoms with Crippen LogP contribution in [0, 0.1) is 0 Å². The van der Waals surface area contributed by atoms with Gasteiger partial charge in [0.2, 0.25) is 0 Å². The Balaban J connectivity index is 1.74. The average molecular weight is 327 g/mol. The highest BCUT2D eigenvalue weighted by Crippen LogP contribution is 2.42. The van der Waals surface area contributed by atoms with Crippen LogP contribution in [-0.2, 0) is 4.74 Å². The lowest BCUT2D eigenvalue weighted by molar-refractivity contribution is 0.152. The number of hydrogen-bond acceptors (Lipinski definition) is 2. The van der Waals surface area contributed by atoms with Crippen LogP contribution in [0.2, 0.25) is 0 Å². The maximum Gasteiger partial charge on any atom is 0.113 e. The summed E-state index contributed by atoms with van der Waals surface area (Å²) in [7, 11) is 0. The van der Waals surface area contributed by atoms with Crippen LogP contribution in [0.4, 0.5) is 0 Å². The second-order valence-corrected chi connectivity index (χ2v) is 7.94. The van der Waals surface area contributed by atoms with Crippen LogP contribution < -0.4 is 0 Å². The molecule has 1 aliphatic heterocycles. The fraction of sp³-hybridized carbons (Fsp3) is 1.00. The molecule has 1 N–H and O–H groups in total. The minimum Gasteiger partial charge on any atom is -0.391 e. The predicted octanol–water partition coefficient (Wildman–Crippen LogP) is 6.40. The molecule has 3 atom stereocenters. The van der Waals surface area contributed by atoms with Gasteiger partial charge in [-0.05, 0) is 20.3 Å². The monoisotopic (exact) mass is 326 g/mol. The molecule has 0 unspecified atom stereocenters. The molecular formula is C21H42O2. The summed E-state index contributed by atoms with van der Waals surface area (Å²) in [6.45, 7) is 6.26. The van der Waals surface area contributed by atoms with Gasteiger partial charge in [0.1, 0.15) is 6.10 Å². The molecule has 0 aliphatic carbocycles. The molecule has 0 aromatic heterocycles. The summed E-state index contributed by atoms with van der Waals surface area (Å²) in [5.41, 5.74) is -0.0225. The maximum atomic E-state index is 9.52. The van der Waals surface area contributed by atoms with Gasteiger partial charge >= 0.3 is 0 Å². The quantitative estimate of drug-likeness (QED) is 0.263. The van der Waals surface area contributed by atoms with E-state index in [1.54, 1.807) is 0 Å². The average Bonchev–Trinajstić information content (AvgIpc) is 3.20. The van der Waals surface area contributed by atoms with Crippen LogP contribution in [0.3, 0.4) is 0 Å². The van der Waals surface area contributed by atoms with Crippen molar-refractivity contribution in [2.75, 3.05) is 0 Å². The number of aliphatic hydroxyl groups excluding tert-OH is 1. The maximum absolute atomic E-state index is 9.52. The zero-order valence-electron chi connectivity index (χ0n) is 16.1. The standard InChI is InChI=1S/C21H42O2/c1-4-5-6-7-8-9-10-11-12-13-14-15-16-17-18-21(3)20(23-21)19(2)22/h19-20,22H,4-18H2,1-3H3/t19-,20-,21-/m1/s1. The van der Waals surface area contributed by atoms with Gasteiger partial charge in [-0.2, -0.15) is 0 Å². The van der Waals surface area contributed by atoms with Gasteiger partial charge in [0.05, 0.1) is 11.7 Å². The number of aliphatic hydroxyl groups is 1. The van der Waals surface area contributed by atoms with E-state index in [9.17, 15) is 5.11 Å². The Kier molecular flexibility index (Phi) is 11.2. The van der Waals surface area contributed by atoms with Crippen LogP contribution in [0.25, 0.3) is 0 Å². The van der Waals surface area contributed by atoms with E-state index in [2.05, 4.69) is 13.8 Å². The Labute approximate surface area is 145 Å². The molecule has 2 heteroatoms. The molecule has 23 heavy (non-hydrogen) atoms. The van der Waals surface area contributed by atoms with Crippen molar-refractivity contribution in [1.29, 1.82) is 0 Å². The third-order valence-corrected chi connectivity index (χ3v) is 5.41. The summed E-state index contributed by atoms with van der Waals surface area (Å²) in [4.78, 5) is 0. The van der Waals surface area contributed by atoms with Crippen LogP contribution in [0.15, 0.2) is 0 Å². The van der Waals surface area contributed by atoms with E-state index < -0.39 is 0 Å². The molecular weight excluding hydrogens is 284 g/mol. The first kappa shape index (κ1) is 21.0. The summed E-state index contributed by atoms with van der Waals surface area (Å²) in [6.07, 6.45) is 20.5. The highest BCUT2D eigenvalue weighted by atomic mass is 16.6. The third-order valence-electron chi connectivity index (χ3n) is 5.41. The second-order valence-electron chi connectivity index (χ2n) is 7.94. The molecule has 0 amide bonds. The van der Waals surface area contributed by atoms with Gasteiger partial charge in [-0.1, -0.05) is 96.8 Å². The largest absolute Gasteiger partial charge is 0.391 e. The molecule has 0 saturated carbocycles. The molecule has 0 radical (unpaired) electrons. The Morgan fingerprint density at radius 3 is 1.52 bits per heavy atom. The van der Waals surface area contributed by atoms with Crippen LogP contribution in [0.5, 0.6) is 0 Å². The molecule has 0 aromatic rings. The van der Waals surface area contributed by atoms with Gasteiger partial charge in [-0.15, -0.1) is 0 Å². The first-order valence-electron chi connectivity index (χ1n) is 10.5. The summed E-state index contributed by atoms with van der Waals surface area (Å²) < 4.78 is 5.63.